The molecule has 0 radical (unpaired) electrons. The van der Waals surface area contributed by atoms with Crippen LogP contribution in [0.25, 0.3) is 10.8 Å². The van der Waals surface area contributed by atoms with E-state index >= 15 is 0 Å². The number of pyridine rings is 1. The first kappa shape index (κ1) is 27.1. The number of nitrogens with zero attached hydrogens (tertiary/aromatic N) is 1. The average Bonchev–Trinajstić information content (AvgIpc) is 2.93. The number of alkyl halides is 3. The Morgan fingerprint density at radius 1 is 0.850 bits per heavy atom. The number of carbonyl (C=O) groups is 1. The molecule has 1 atom stereocenters. The fourth-order valence-electron chi connectivity index (χ4n) is 4.64. The lowest BCUT2D eigenvalue weighted by molar-refractivity contribution is -0.137. The Bertz CT molecular complexity index is 1660. The molecule has 0 unspecified atom stereocenters. The van der Waals surface area contributed by atoms with Crippen molar-refractivity contribution in [3.8, 4) is 5.75 Å². The number of nitrogens with one attached hydrogen (secondary N) is 1. The Labute approximate surface area is 232 Å². The Balaban J connectivity index is 1.68. The predicted octanol–water partition coefficient (Wildman–Crippen LogP) is 8.32. The van der Waals surface area contributed by atoms with Crippen molar-refractivity contribution in [3.63, 3.8) is 0 Å². The van der Waals surface area contributed by atoms with Crippen LogP contribution in [0.2, 0.25) is 5.02 Å². The predicted molar refractivity (Wildman–Crippen MR) is 145 cm³/mol. The van der Waals surface area contributed by atoms with Crippen LogP contribution in [-0.4, -0.2) is 11.1 Å². The quantitative estimate of drug-likeness (QED) is 0.211. The van der Waals surface area contributed by atoms with Crippen molar-refractivity contribution in [1.82, 2.24) is 10.3 Å². The number of hydrogen-bond acceptors (Lipinski definition) is 3. The summed E-state index contributed by atoms with van der Waals surface area (Å²) in [5.41, 5.74) is -2.39. The van der Waals surface area contributed by atoms with E-state index in [0.29, 0.717) is 17.0 Å². The fraction of sp³-hybridized carbons (Fsp3) is 0.0968. The van der Waals surface area contributed by atoms with Crippen LogP contribution in [0.4, 0.5) is 22.4 Å². The third-order valence-electron chi connectivity index (χ3n) is 6.46. The van der Waals surface area contributed by atoms with Crippen LogP contribution in [0.15, 0.2) is 109 Å². The highest BCUT2D eigenvalue weighted by atomic mass is 35.5. The number of ether oxygens (including phenoxy) is 1. The summed E-state index contributed by atoms with van der Waals surface area (Å²) in [5, 5.41) is 4.50. The van der Waals surface area contributed by atoms with E-state index in [0.717, 1.165) is 17.5 Å². The van der Waals surface area contributed by atoms with Crippen LogP contribution in [0.5, 0.6) is 5.75 Å². The van der Waals surface area contributed by atoms with E-state index in [-0.39, 0.29) is 28.5 Å². The van der Waals surface area contributed by atoms with Gasteiger partial charge in [0.15, 0.2) is 0 Å². The zero-order chi connectivity index (χ0) is 28.3. The molecule has 0 aliphatic rings. The van der Waals surface area contributed by atoms with Gasteiger partial charge in [-0.05, 0) is 52.9 Å². The highest BCUT2D eigenvalue weighted by molar-refractivity contribution is 6.30. The molecule has 5 rings (SSSR count). The van der Waals surface area contributed by atoms with Gasteiger partial charge in [0.25, 0.3) is 0 Å². The van der Waals surface area contributed by atoms with Gasteiger partial charge in [-0.15, -0.1) is 0 Å². The first-order chi connectivity index (χ1) is 19.1. The first-order valence-electron chi connectivity index (χ1n) is 12.2. The number of halogens is 5. The summed E-state index contributed by atoms with van der Waals surface area (Å²) in [6, 6.07) is 26.3. The minimum Gasteiger partial charge on any atom is -0.410 e. The third-order valence-corrected chi connectivity index (χ3v) is 6.69. The lowest BCUT2D eigenvalue weighted by atomic mass is 9.80. The summed E-state index contributed by atoms with van der Waals surface area (Å²) in [6.07, 6.45) is -4.58. The van der Waals surface area contributed by atoms with Crippen molar-refractivity contribution < 1.29 is 27.1 Å². The SMILES string of the molecule is O=C(N[C@](Cc1ccccc1)(c1cc(F)cc(C(F)(F)F)c1)c1ccc(Cl)cn1)Oc1cccc2ccccc12. The Morgan fingerprint density at radius 3 is 2.27 bits per heavy atom. The molecule has 0 saturated heterocycles. The molecule has 9 heteroatoms. The molecule has 0 saturated carbocycles. The van der Waals surface area contributed by atoms with E-state index in [1.54, 1.807) is 54.6 Å². The van der Waals surface area contributed by atoms with Crippen LogP contribution < -0.4 is 10.1 Å². The molecule has 0 aliphatic carbocycles. The largest absolute Gasteiger partial charge is 0.416 e. The molecule has 0 aliphatic heterocycles. The maximum Gasteiger partial charge on any atom is 0.416 e. The molecule has 1 amide bonds. The van der Waals surface area contributed by atoms with Crippen LogP contribution in [0.3, 0.4) is 0 Å². The smallest absolute Gasteiger partial charge is 0.410 e. The van der Waals surface area contributed by atoms with Gasteiger partial charge >= 0.3 is 12.3 Å². The zero-order valence-electron chi connectivity index (χ0n) is 20.8. The zero-order valence-corrected chi connectivity index (χ0v) is 21.5. The molecular formula is C31H21ClF4N2O2. The van der Waals surface area contributed by atoms with E-state index in [2.05, 4.69) is 10.3 Å². The highest BCUT2D eigenvalue weighted by Crippen LogP contribution is 2.38. The monoisotopic (exact) mass is 564 g/mol. The number of aromatic nitrogens is 1. The second kappa shape index (κ2) is 11.0. The summed E-state index contributed by atoms with van der Waals surface area (Å²) in [5.74, 6) is -0.885. The molecular weight excluding hydrogens is 544 g/mol. The van der Waals surface area contributed by atoms with Gasteiger partial charge in [0.2, 0.25) is 0 Å². The molecule has 1 aromatic heterocycles. The van der Waals surface area contributed by atoms with Gasteiger partial charge < -0.3 is 10.1 Å². The lowest BCUT2D eigenvalue weighted by Crippen LogP contribution is -2.50. The molecule has 202 valence electrons. The molecule has 1 N–H and O–H groups in total. The normalized spacial score (nSPS) is 13.0. The van der Waals surface area contributed by atoms with Crippen molar-refractivity contribution >= 4 is 28.5 Å². The number of hydrogen-bond donors (Lipinski definition) is 1. The second-order valence-corrected chi connectivity index (χ2v) is 9.58. The van der Waals surface area contributed by atoms with Gasteiger partial charge in [-0.3, -0.25) is 4.98 Å². The molecule has 1 heterocycles. The van der Waals surface area contributed by atoms with Crippen LogP contribution >= 0.6 is 11.6 Å². The van der Waals surface area contributed by atoms with E-state index in [4.69, 9.17) is 16.3 Å². The van der Waals surface area contributed by atoms with Gasteiger partial charge in [-0.2, -0.15) is 13.2 Å². The van der Waals surface area contributed by atoms with Crippen LogP contribution in [0, 0.1) is 5.82 Å². The average molecular weight is 565 g/mol. The fourth-order valence-corrected chi connectivity index (χ4v) is 4.75. The van der Waals surface area contributed by atoms with E-state index in [1.165, 1.54) is 18.3 Å². The Morgan fingerprint density at radius 2 is 1.55 bits per heavy atom. The van der Waals surface area contributed by atoms with Gasteiger partial charge in [0.1, 0.15) is 17.1 Å². The van der Waals surface area contributed by atoms with Crippen molar-refractivity contribution in [2.75, 3.05) is 0 Å². The van der Waals surface area contributed by atoms with Gasteiger partial charge in [0, 0.05) is 18.0 Å². The van der Waals surface area contributed by atoms with Gasteiger partial charge in [-0.1, -0.05) is 78.3 Å². The van der Waals surface area contributed by atoms with Crippen molar-refractivity contribution in [3.05, 3.63) is 143 Å². The molecule has 0 spiro atoms. The number of benzene rings is 4. The highest BCUT2D eigenvalue weighted by Gasteiger charge is 2.41. The van der Waals surface area contributed by atoms with Crippen molar-refractivity contribution in [1.29, 1.82) is 0 Å². The Hall–Kier alpha value is -4.43. The summed E-state index contributed by atoms with van der Waals surface area (Å²) >= 11 is 6.06. The maximum absolute atomic E-state index is 14.8. The molecule has 4 aromatic carbocycles. The third kappa shape index (κ3) is 5.77. The van der Waals surface area contributed by atoms with Crippen molar-refractivity contribution in [2.45, 2.75) is 18.1 Å². The summed E-state index contributed by atoms with van der Waals surface area (Å²) in [7, 11) is 0. The molecule has 0 fully saturated rings. The minimum atomic E-state index is -4.84. The van der Waals surface area contributed by atoms with Gasteiger partial charge in [0.05, 0.1) is 16.3 Å². The minimum absolute atomic E-state index is 0.0755. The van der Waals surface area contributed by atoms with E-state index in [1.807, 2.05) is 18.2 Å². The molecule has 4 nitrogen and oxygen atoms in total. The van der Waals surface area contributed by atoms with Crippen LogP contribution in [0.1, 0.15) is 22.4 Å². The number of fused-ring (bicyclic) bond motifs is 1. The molecule has 40 heavy (non-hydrogen) atoms. The maximum atomic E-state index is 14.8. The number of amides is 1. The first-order valence-corrected chi connectivity index (χ1v) is 12.5. The Kier molecular flexibility index (Phi) is 7.45. The van der Waals surface area contributed by atoms with Gasteiger partial charge in [-0.25, -0.2) is 9.18 Å². The van der Waals surface area contributed by atoms with Crippen LogP contribution in [-0.2, 0) is 18.1 Å². The number of carbonyl (C=O) groups excluding carboxylic acids is 1. The second-order valence-electron chi connectivity index (χ2n) is 9.15. The summed E-state index contributed by atoms with van der Waals surface area (Å²) in [4.78, 5) is 17.9. The summed E-state index contributed by atoms with van der Waals surface area (Å²) < 4.78 is 61.9. The van der Waals surface area contributed by atoms with E-state index < -0.39 is 29.2 Å². The standard InChI is InChI=1S/C31H21ClF4N2O2/c32-24-13-14-28(37-19-24)30(18-20-7-2-1-3-8-20,22-15-23(31(34,35)36)17-25(33)16-22)38-29(39)40-27-12-6-10-21-9-4-5-11-26(21)27/h1-17,19H,18H2,(H,38,39)/t30-/m1/s1. The topological polar surface area (TPSA) is 51.2 Å². The van der Waals surface area contributed by atoms with E-state index in [9.17, 15) is 22.4 Å². The number of rotatable bonds is 6. The lowest BCUT2D eigenvalue weighted by Gasteiger charge is -2.35. The summed E-state index contributed by atoms with van der Waals surface area (Å²) in [6.45, 7) is 0. The molecule has 5 aromatic rings. The van der Waals surface area contributed by atoms with Crippen molar-refractivity contribution in [2.24, 2.45) is 0 Å². The molecule has 0 bridgehead atoms.